The lowest BCUT2D eigenvalue weighted by Crippen LogP contribution is -2.51. The third-order valence-corrected chi connectivity index (χ3v) is 7.81. The molecule has 5 heterocycles. The number of hydrogen-bond donors (Lipinski definition) is 1. The van der Waals surface area contributed by atoms with Gasteiger partial charge in [0.1, 0.15) is 11.6 Å². The molecule has 35 heavy (non-hydrogen) atoms. The number of morpholine rings is 1. The van der Waals surface area contributed by atoms with E-state index in [2.05, 4.69) is 25.9 Å². The van der Waals surface area contributed by atoms with Crippen molar-refractivity contribution in [2.45, 2.75) is 37.8 Å². The van der Waals surface area contributed by atoms with Crippen molar-refractivity contribution in [1.29, 1.82) is 0 Å². The Morgan fingerprint density at radius 2 is 1.89 bits per heavy atom. The number of rotatable bonds is 5. The standard InChI is InChI=1S/C25H31ClN6O3/c1-16-28-24(31-6-7-35-20(12-31)13-33)10-25(29-16)32-23-9-21(22(26)8-18(23)11-27-32)17-2-4-30(5-3-17)19-14-34-15-19/h8-11,17,19-20,33H,2-7,12-15H2,1H3/t20-/m0/s1. The molecule has 3 aromatic rings. The Morgan fingerprint density at radius 3 is 2.63 bits per heavy atom. The number of hydrogen-bond acceptors (Lipinski definition) is 8. The van der Waals surface area contributed by atoms with Gasteiger partial charge in [-0.2, -0.15) is 5.10 Å². The van der Waals surface area contributed by atoms with Crippen LogP contribution < -0.4 is 4.90 Å². The first-order valence-corrected chi connectivity index (χ1v) is 12.8. The number of halogens is 1. The van der Waals surface area contributed by atoms with E-state index in [0.29, 0.717) is 30.9 Å². The van der Waals surface area contributed by atoms with E-state index in [9.17, 15) is 5.11 Å². The van der Waals surface area contributed by atoms with E-state index in [-0.39, 0.29) is 12.7 Å². The molecule has 0 spiro atoms. The van der Waals surface area contributed by atoms with Crippen LogP contribution in [0.5, 0.6) is 0 Å². The second-order valence-corrected chi connectivity index (χ2v) is 10.2. The molecule has 186 valence electrons. The number of fused-ring (bicyclic) bond motifs is 1. The van der Waals surface area contributed by atoms with Crippen molar-refractivity contribution in [3.8, 4) is 5.82 Å². The number of ether oxygens (including phenoxy) is 2. The zero-order chi connectivity index (χ0) is 23.9. The Kier molecular flexibility index (Phi) is 6.36. The molecule has 10 heteroatoms. The summed E-state index contributed by atoms with van der Waals surface area (Å²) in [5.74, 6) is 2.65. The second-order valence-electron chi connectivity index (χ2n) is 9.74. The summed E-state index contributed by atoms with van der Waals surface area (Å²) >= 11 is 6.77. The van der Waals surface area contributed by atoms with Gasteiger partial charge in [0, 0.05) is 29.6 Å². The van der Waals surface area contributed by atoms with E-state index < -0.39 is 0 Å². The molecule has 1 atom stereocenters. The average Bonchev–Trinajstić information content (AvgIpc) is 3.25. The molecule has 3 saturated heterocycles. The lowest BCUT2D eigenvalue weighted by molar-refractivity contribution is -0.0712. The van der Waals surface area contributed by atoms with Gasteiger partial charge in [-0.1, -0.05) is 11.6 Å². The molecule has 1 N–H and O–H groups in total. The number of aromatic nitrogens is 4. The Balaban J connectivity index is 1.30. The highest BCUT2D eigenvalue weighted by Crippen LogP contribution is 2.37. The van der Waals surface area contributed by atoms with Gasteiger partial charge >= 0.3 is 0 Å². The Morgan fingerprint density at radius 1 is 1.09 bits per heavy atom. The number of aliphatic hydroxyl groups is 1. The molecule has 0 radical (unpaired) electrons. The number of anilines is 1. The maximum absolute atomic E-state index is 9.53. The van der Waals surface area contributed by atoms with Crippen molar-refractivity contribution >= 4 is 28.3 Å². The van der Waals surface area contributed by atoms with Crippen molar-refractivity contribution < 1.29 is 14.6 Å². The van der Waals surface area contributed by atoms with Gasteiger partial charge in [-0.25, -0.2) is 14.6 Å². The van der Waals surface area contributed by atoms with Gasteiger partial charge in [-0.15, -0.1) is 0 Å². The van der Waals surface area contributed by atoms with Gasteiger partial charge in [-0.05, 0) is 56.5 Å². The molecule has 6 rings (SSSR count). The van der Waals surface area contributed by atoms with E-state index in [4.69, 9.17) is 26.1 Å². The number of nitrogens with zero attached hydrogens (tertiary/aromatic N) is 6. The first-order valence-electron chi connectivity index (χ1n) is 12.4. The average molecular weight is 499 g/mol. The predicted molar refractivity (Wildman–Crippen MR) is 134 cm³/mol. The van der Waals surface area contributed by atoms with Crippen LogP contribution in [-0.4, -0.2) is 94.5 Å². The van der Waals surface area contributed by atoms with Gasteiger partial charge in [0.2, 0.25) is 0 Å². The van der Waals surface area contributed by atoms with Gasteiger partial charge in [-0.3, -0.25) is 4.90 Å². The molecule has 9 nitrogen and oxygen atoms in total. The van der Waals surface area contributed by atoms with Crippen molar-refractivity contribution in [3.63, 3.8) is 0 Å². The maximum Gasteiger partial charge on any atom is 0.159 e. The summed E-state index contributed by atoms with van der Waals surface area (Å²) in [6.07, 6.45) is 3.82. The van der Waals surface area contributed by atoms with Crippen molar-refractivity contribution in [2.24, 2.45) is 0 Å². The molecule has 2 aromatic heterocycles. The minimum atomic E-state index is -0.207. The smallest absolute Gasteiger partial charge is 0.159 e. The van der Waals surface area contributed by atoms with Crippen LogP contribution in [0.3, 0.4) is 0 Å². The molecular weight excluding hydrogens is 468 g/mol. The monoisotopic (exact) mass is 498 g/mol. The quantitative estimate of drug-likeness (QED) is 0.574. The third kappa shape index (κ3) is 4.51. The highest BCUT2D eigenvalue weighted by molar-refractivity contribution is 6.32. The predicted octanol–water partition coefficient (Wildman–Crippen LogP) is 2.55. The molecule has 3 aliphatic rings. The summed E-state index contributed by atoms with van der Waals surface area (Å²) in [5, 5.41) is 16.0. The first kappa shape index (κ1) is 23.1. The van der Waals surface area contributed by atoms with E-state index in [1.54, 1.807) is 0 Å². The van der Waals surface area contributed by atoms with Gasteiger partial charge < -0.3 is 19.5 Å². The lowest BCUT2D eigenvalue weighted by Gasteiger charge is -2.41. The minimum Gasteiger partial charge on any atom is -0.394 e. The molecular formula is C25H31ClN6O3. The Labute approximate surface area is 209 Å². The van der Waals surface area contributed by atoms with E-state index >= 15 is 0 Å². The molecule has 3 aliphatic heterocycles. The van der Waals surface area contributed by atoms with E-state index in [1.807, 2.05) is 29.9 Å². The summed E-state index contributed by atoms with van der Waals surface area (Å²) in [6.45, 7) is 7.65. The van der Waals surface area contributed by atoms with Crippen molar-refractivity contribution in [1.82, 2.24) is 24.6 Å². The Bertz CT molecular complexity index is 1210. The zero-order valence-corrected chi connectivity index (χ0v) is 20.7. The van der Waals surface area contributed by atoms with E-state index in [0.717, 1.165) is 73.3 Å². The van der Waals surface area contributed by atoms with Crippen LogP contribution >= 0.6 is 11.6 Å². The summed E-state index contributed by atoms with van der Waals surface area (Å²) in [4.78, 5) is 14.0. The zero-order valence-electron chi connectivity index (χ0n) is 19.9. The molecule has 0 bridgehead atoms. The van der Waals surface area contributed by atoms with Crippen LogP contribution in [0.25, 0.3) is 16.7 Å². The number of benzene rings is 1. The molecule has 1 aromatic carbocycles. The maximum atomic E-state index is 9.53. The lowest BCUT2D eigenvalue weighted by atomic mass is 9.88. The van der Waals surface area contributed by atoms with Gasteiger partial charge in [0.25, 0.3) is 0 Å². The highest BCUT2D eigenvalue weighted by atomic mass is 35.5. The first-order chi connectivity index (χ1) is 17.1. The fourth-order valence-electron chi connectivity index (χ4n) is 5.41. The summed E-state index contributed by atoms with van der Waals surface area (Å²) in [7, 11) is 0. The minimum absolute atomic E-state index is 0.00584. The normalized spacial score (nSPS) is 22.6. The fourth-order valence-corrected chi connectivity index (χ4v) is 5.74. The van der Waals surface area contributed by atoms with Crippen molar-refractivity contribution in [3.05, 3.63) is 40.8 Å². The van der Waals surface area contributed by atoms with Crippen molar-refractivity contribution in [2.75, 3.05) is 57.5 Å². The topological polar surface area (TPSA) is 88.8 Å². The van der Waals surface area contributed by atoms with Crippen LogP contribution in [0.2, 0.25) is 5.02 Å². The van der Waals surface area contributed by atoms with E-state index in [1.165, 1.54) is 5.56 Å². The fraction of sp³-hybridized carbons (Fsp3) is 0.560. The highest BCUT2D eigenvalue weighted by Gasteiger charge is 2.31. The second kappa shape index (κ2) is 9.63. The largest absolute Gasteiger partial charge is 0.394 e. The summed E-state index contributed by atoms with van der Waals surface area (Å²) in [5.41, 5.74) is 2.19. The molecule has 3 fully saturated rings. The molecule has 0 unspecified atom stereocenters. The third-order valence-electron chi connectivity index (χ3n) is 7.49. The Hall–Kier alpha value is -2.30. The number of piperidine rings is 1. The summed E-state index contributed by atoms with van der Waals surface area (Å²) < 4.78 is 12.9. The molecule has 0 aliphatic carbocycles. The van der Waals surface area contributed by atoms with Gasteiger partial charge in [0.15, 0.2) is 5.82 Å². The SMILES string of the molecule is Cc1nc(N2CCO[C@H](CO)C2)cc(-n2ncc3cc(Cl)c(C4CCN(C5COC5)CC4)cc32)n1. The molecule has 0 amide bonds. The van der Waals surface area contributed by atoms with Crippen LogP contribution in [0.4, 0.5) is 5.82 Å². The summed E-state index contributed by atoms with van der Waals surface area (Å²) in [6, 6.07) is 6.78. The molecule has 0 saturated carbocycles. The van der Waals surface area contributed by atoms with Crippen LogP contribution in [0, 0.1) is 6.92 Å². The van der Waals surface area contributed by atoms with Crippen LogP contribution in [0.15, 0.2) is 24.4 Å². The van der Waals surface area contributed by atoms with Gasteiger partial charge in [0.05, 0.1) is 50.3 Å². The van der Waals surface area contributed by atoms with Crippen LogP contribution in [-0.2, 0) is 9.47 Å². The number of aliphatic hydroxyl groups excluding tert-OH is 1. The van der Waals surface area contributed by atoms with Crippen LogP contribution in [0.1, 0.15) is 30.1 Å². The number of likely N-dealkylation sites (tertiary alicyclic amines) is 1. The number of aryl methyl sites for hydroxylation is 1.